The summed E-state index contributed by atoms with van der Waals surface area (Å²) in [5.74, 6) is -0.759. The Morgan fingerprint density at radius 1 is 1.13 bits per heavy atom. The van der Waals surface area contributed by atoms with E-state index in [0.717, 1.165) is 24.2 Å². The van der Waals surface area contributed by atoms with E-state index in [1.165, 1.54) is 10.6 Å². The van der Waals surface area contributed by atoms with E-state index in [4.69, 9.17) is 15.7 Å². The van der Waals surface area contributed by atoms with E-state index in [2.05, 4.69) is 16.0 Å². The molecule has 1 fully saturated rings. The summed E-state index contributed by atoms with van der Waals surface area (Å²) in [6.45, 7) is 4.00. The standard InChI is InChI=1S/C22H21N5O3/c23-13-15-1-3-16(4-2-15)18-11-17-12-19(20(24)28)22(29)27(21(17)25-14-18)6-5-26-7-9-30-10-8-26/h1-4,11-12,14H,5-10H2,(H2,24,28). The van der Waals surface area contributed by atoms with Crippen LogP contribution in [0.1, 0.15) is 15.9 Å². The van der Waals surface area contributed by atoms with Crippen LogP contribution in [-0.2, 0) is 11.3 Å². The smallest absolute Gasteiger partial charge is 0.265 e. The van der Waals surface area contributed by atoms with Gasteiger partial charge in [-0.1, -0.05) is 12.1 Å². The maximum absolute atomic E-state index is 12.9. The van der Waals surface area contributed by atoms with Crippen molar-refractivity contribution in [1.82, 2.24) is 14.5 Å². The van der Waals surface area contributed by atoms with Crippen LogP contribution in [0.25, 0.3) is 22.2 Å². The van der Waals surface area contributed by atoms with Crippen LogP contribution in [0.2, 0.25) is 0 Å². The highest BCUT2D eigenvalue weighted by molar-refractivity contribution is 5.96. The second kappa shape index (κ2) is 8.45. The van der Waals surface area contributed by atoms with Gasteiger partial charge in [0, 0.05) is 43.3 Å². The van der Waals surface area contributed by atoms with E-state index >= 15 is 0 Å². The van der Waals surface area contributed by atoms with E-state index in [1.54, 1.807) is 18.3 Å². The normalized spacial score (nSPS) is 14.5. The molecule has 2 aromatic heterocycles. The van der Waals surface area contributed by atoms with Gasteiger partial charge in [-0.2, -0.15) is 5.26 Å². The van der Waals surface area contributed by atoms with Crippen LogP contribution in [0.5, 0.6) is 0 Å². The number of carbonyl (C=O) groups is 1. The first-order chi connectivity index (χ1) is 14.6. The Balaban J connectivity index is 1.75. The van der Waals surface area contributed by atoms with Crippen molar-refractivity contribution < 1.29 is 9.53 Å². The third-order valence-electron chi connectivity index (χ3n) is 5.28. The molecule has 1 aliphatic heterocycles. The Hall–Kier alpha value is -3.54. The molecule has 0 unspecified atom stereocenters. The molecule has 2 N–H and O–H groups in total. The van der Waals surface area contributed by atoms with Crippen LogP contribution in [0.15, 0.2) is 47.4 Å². The van der Waals surface area contributed by atoms with Gasteiger partial charge in [0.1, 0.15) is 11.2 Å². The molecule has 4 rings (SSSR count). The molecule has 152 valence electrons. The lowest BCUT2D eigenvalue weighted by Crippen LogP contribution is -2.40. The number of aromatic nitrogens is 2. The first-order valence-electron chi connectivity index (χ1n) is 9.71. The molecule has 1 saturated heterocycles. The second-order valence-corrected chi connectivity index (χ2v) is 7.16. The van der Waals surface area contributed by atoms with E-state index in [9.17, 15) is 9.59 Å². The number of nitrogens with two attached hydrogens (primary N) is 1. The third kappa shape index (κ3) is 3.94. The van der Waals surface area contributed by atoms with Crippen LogP contribution in [0.3, 0.4) is 0 Å². The highest BCUT2D eigenvalue weighted by Crippen LogP contribution is 2.23. The van der Waals surface area contributed by atoms with Crippen molar-refractivity contribution >= 4 is 16.9 Å². The Morgan fingerprint density at radius 2 is 1.87 bits per heavy atom. The quantitative estimate of drug-likeness (QED) is 0.688. The average Bonchev–Trinajstić information content (AvgIpc) is 2.78. The molecule has 0 spiro atoms. The van der Waals surface area contributed by atoms with Crippen molar-refractivity contribution in [3.63, 3.8) is 0 Å². The lowest BCUT2D eigenvalue weighted by Gasteiger charge is -2.26. The number of hydrogen-bond acceptors (Lipinski definition) is 6. The second-order valence-electron chi connectivity index (χ2n) is 7.16. The average molecular weight is 403 g/mol. The first-order valence-corrected chi connectivity index (χ1v) is 9.71. The molecule has 8 nitrogen and oxygen atoms in total. The Morgan fingerprint density at radius 3 is 2.53 bits per heavy atom. The lowest BCUT2D eigenvalue weighted by molar-refractivity contribution is 0.0364. The molecule has 30 heavy (non-hydrogen) atoms. The Bertz CT molecular complexity index is 1190. The molecule has 1 amide bonds. The molecule has 0 atom stereocenters. The van der Waals surface area contributed by atoms with E-state index in [0.29, 0.717) is 42.9 Å². The lowest BCUT2D eigenvalue weighted by atomic mass is 10.0. The van der Waals surface area contributed by atoms with Crippen molar-refractivity contribution in [2.75, 3.05) is 32.8 Å². The van der Waals surface area contributed by atoms with Gasteiger partial charge in [-0.25, -0.2) is 4.98 Å². The third-order valence-corrected chi connectivity index (χ3v) is 5.28. The minimum Gasteiger partial charge on any atom is -0.379 e. The minimum absolute atomic E-state index is 0.0525. The fourth-order valence-corrected chi connectivity index (χ4v) is 3.61. The van der Waals surface area contributed by atoms with Gasteiger partial charge in [0.2, 0.25) is 0 Å². The maximum atomic E-state index is 12.9. The van der Waals surface area contributed by atoms with Gasteiger partial charge in [0.15, 0.2) is 0 Å². The van der Waals surface area contributed by atoms with Gasteiger partial charge in [0.05, 0.1) is 24.8 Å². The van der Waals surface area contributed by atoms with Crippen molar-refractivity contribution in [2.45, 2.75) is 6.54 Å². The summed E-state index contributed by atoms with van der Waals surface area (Å²) in [5.41, 5.74) is 7.77. The van der Waals surface area contributed by atoms with Gasteiger partial charge in [-0.3, -0.25) is 19.1 Å². The fraction of sp³-hybridized carbons (Fsp3) is 0.273. The van der Waals surface area contributed by atoms with Crippen molar-refractivity contribution in [2.24, 2.45) is 5.73 Å². The number of fused-ring (bicyclic) bond motifs is 1. The van der Waals surface area contributed by atoms with E-state index in [1.807, 2.05) is 18.2 Å². The molecule has 0 radical (unpaired) electrons. The molecule has 8 heteroatoms. The summed E-state index contributed by atoms with van der Waals surface area (Å²) in [5, 5.41) is 9.63. The fourth-order valence-electron chi connectivity index (χ4n) is 3.61. The van der Waals surface area contributed by atoms with Gasteiger partial charge < -0.3 is 10.5 Å². The zero-order valence-corrected chi connectivity index (χ0v) is 16.4. The minimum atomic E-state index is -0.759. The zero-order valence-electron chi connectivity index (χ0n) is 16.4. The topological polar surface area (TPSA) is 114 Å². The number of benzene rings is 1. The summed E-state index contributed by atoms with van der Waals surface area (Å²) in [4.78, 5) is 31.5. The number of hydrogen-bond donors (Lipinski definition) is 1. The predicted molar refractivity (Wildman–Crippen MR) is 112 cm³/mol. The van der Waals surface area contributed by atoms with Gasteiger partial charge >= 0.3 is 0 Å². The molecule has 0 aliphatic carbocycles. The van der Waals surface area contributed by atoms with Crippen LogP contribution in [0, 0.1) is 11.3 Å². The van der Waals surface area contributed by atoms with E-state index in [-0.39, 0.29) is 5.56 Å². The number of ether oxygens (including phenoxy) is 1. The first kappa shape index (κ1) is 19.8. The predicted octanol–water partition coefficient (Wildman–Crippen LogP) is 1.37. The van der Waals surface area contributed by atoms with Crippen LogP contribution in [-0.4, -0.2) is 53.2 Å². The highest BCUT2D eigenvalue weighted by Gasteiger charge is 2.17. The summed E-state index contributed by atoms with van der Waals surface area (Å²) in [6, 6.07) is 12.6. The highest BCUT2D eigenvalue weighted by atomic mass is 16.5. The monoisotopic (exact) mass is 403 g/mol. The number of carbonyl (C=O) groups excluding carboxylic acids is 1. The summed E-state index contributed by atoms with van der Waals surface area (Å²) in [6.07, 6.45) is 1.69. The summed E-state index contributed by atoms with van der Waals surface area (Å²) in [7, 11) is 0. The van der Waals surface area contributed by atoms with Gasteiger partial charge in [0.25, 0.3) is 11.5 Å². The van der Waals surface area contributed by atoms with Gasteiger partial charge in [-0.05, 0) is 29.8 Å². The van der Waals surface area contributed by atoms with Crippen molar-refractivity contribution in [3.8, 4) is 17.2 Å². The largest absolute Gasteiger partial charge is 0.379 e. The molecular formula is C22H21N5O3. The van der Waals surface area contributed by atoms with Crippen molar-refractivity contribution in [3.05, 3.63) is 64.1 Å². The molecule has 3 aromatic rings. The Kier molecular flexibility index (Phi) is 5.57. The molecule has 1 aromatic carbocycles. The summed E-state index contributed by atoms with van der Waals surface area (Å²) < 4.78 is 6.89. The summed E-state index contributed by atoms with van der Waals surface area (Å²) >= 11 is 0. The molecule has 0 saturated carbocycles. The SMILES string of the molecule is N#Cc1ccc(-c2cnc3c(c2)cc(C(N)=O)c(=O)n3CCN2CCOCC2)cc1. The van der Waals surface area contributed by atoms with Crippen molar-refractivity contribution in [1.29, 1.82) is 5.26 Å². The number of nitriles is 1. The zero-order chi connectivity index (χ0) is 21.1. The molecule has 3 heterocycles. The molecular weight excluding hydrogens is 382 g/mol. The molecule has 1 aliphatic rings. The number of nitrogens with zero attached hydrogens (tertiary/aromatic N) is 4. The maximum Gasteiger partial charge on any atom is 0.265 e. The number of primary amides is 1. The number of rotatable bonds is 5. The van der Waals surface area contributed by atoms with Crippen LogP contribution in [0.4, 0.5) is 0 Å². The Labute approximate surface area is 173 Å². The van der Waals surface area contributed by atoms with E-state index < -0.39 is 11.5 Å². The number of amides is 1. The van der Waals surface area contributed by atoms with Gasteiger partial charge in [-0.15, -0.1) is 0 Å². The van der Waals surface area contributed by atoms with Crippen LogP contribution >= 0.6 is 0 Å². The number of morpholine rings is 1. The number of pyridine rings is 2. The van der Waals surface area contributed by atoms with Crippen LogP contribution < -0.4 is 11.3 Å². The molecule has 0 bridgehead atoms.